The minimum atomic E-state index is -1.31. The van der Waals surface area contributed by atoms with Gasteiger partial charge in [0.25, 0.3) is 0 Å². The minimum Gasteiger partial charge on any atom is -0.487 e. The lowest BCUT2D eigenvalue weighted by Crippen LogP contribution is -2.47. The van der Waals surface area contributed by atoms with Crippen LogP contribution in [-0.4, -0.2) is 59.9 Å². The average Bonchev–Trinajstić information content (AvgIpc) is 2.70. The van der Waals surface area contributed by atoms with Crippen LogP contribution in [0.15, 0.2) is 17.1 Å². The number of aromatic carboxylic acids is 1. The maximum Gasteiger partial charge on any atom is 0.341 e. The van der Waals surface area contributed by atoms with Crippen molar-refractivity contribution in [2.24, 2.45) is 0 Å². The number of halogens is 1. The molecule has 1 saturated heterocycles. The van der Waals surface area contributed by atoms with Gasteiger partial charge in [0.15, 0.2) is 11.6 Å². The smallest absolute Gasteiger partial charge is 0.341 e. The number of hydrogen-bond acceptors (Lipinski definition) is 5. The van der Waals surface area contributed by atoms with Crippen molar-refractivity contribution in [2.75, 3.05) is 44.2 Å². The molecule has 0 bridgehead atoms. The van der Waals surface area contributed by atoms with Crippen molar-refractivity contribution >= 4 is 22.6 Å². The van der Waals surface area contributed by atoms with Crippen LogP contribution in [0, 0.1) is 5.82 Å². The fourth-order valence-corrected chi connectivity index (χ4v) is 4.24. The highest BCUT2D eigenvalue weighted by atomic mass is 19.1. The maximum absolute atomic E-state index is 15.2. The highest BCUT2D eigenvalue weighted by molar-refractivity contribution is 5.97. The monoisotopic (exact) mass is 403 g/mol. The molecule has 1 fully saturated rings. The number of anilines is 1. The van der Waals surface area contributed by atoms with Crippen LogP contribution in [0.5, 0.6) is 5.75 Å². The normalized spacial score (nSPS) is 19.4. The Morgan fingerprint density at radius 1 is 1.31 bits per heavy atom. The number of carboxylic acid groups (broad SMARTS) is 1. The fourth-order valence-electron chi connectivity index (χ4n) is 4.24. The molecule has 2 aliphatic rings. The highest BCUT2D eigenvalue weighted by Crippen LogP contribution is 2.42. The van der Waals surface area contributed by atoms with Gasteiger partial charge < -0.3 is 19.3 Å². The molecule has 8 heteroatoms. The molecule has 4 rings (SSSR count). The maximum atomic E-state index is 15.2. The van der Waals surface area contributed by atoms with Crippen molar-refractivity contribution in [1.29, 1.82) is 0 Å². The van der Waals surface area contributed by atoms with Gasteiger partial charge in [-0.15, -0.1) is 0 Å². The van der Waals surface area contributed by atoms with Crippen molar-refractivity contribution in [3.8, 4) is 5.75 Å². The first-order chi connectivity index (χ1) is 13.9. The van der Waals surface area contributed by atoms with Crippen LogP contribution in [0.4, 0.5) is 10.1 Å². The molecule has 0 amide bonds. The number of unbranched alkanes of at least 4 members (excludes halogenated alkanes) is 1. The van der Waals surface area contributed by atoms with Crippen LogP contribution in [0.25, 0.3) is 10.9 Å². The first kappa shape index (κ1) is 19.7. The zero-order valence-electron chi connectivity index (χ0n) is 16.8. The molecule has 0 spiro atoms. The molecule has 2 aromatic rings. The molecular weight excluding hydrogens is 377 g/mol. The third kappa shape index (κ3) is 3.35. The lowest BCUT2D eigenvalue weighted by atomic mass is 10.1. The Morgan fingerprint density at radius 2 is 2.03 bits per heavy atom. The molecule has 29 heavy (non-hydrogen) atoms. The van der Waals surface area contributed by atoms with E-state index in [1.807, 2.05) is 11.8 Å². The van der Waals surface area contributed by atoms with Crippen molar-refractivity contribution in [1.82, 2.24) is 9.47 Å². The molecule has 156 valence electrons. The number of benzene rings is 1. The average molecular weight is 403 g/mol. The van der Waals surface area contributed by atoms with Gasteiger partial charge in [-0.3, -0.25) is 9.69 Å². The Hall–Kier alpha value is -2.61. The van der Waals surface area contributed by atoms with Crippen molar-refractivity contribution in [3.05, 3.63) is 33.9 Å². The molecule has 1 unspecified atom stereocenters. The van der Waals surface area contributed by atoms with E-state index in [1.165, 1.54) is 12.3 Å². The summed E-state index contributed by atoms with van der Waals surface area (Å²) in [7, 11) is 0. The summed E-state index contributed by atoms with van der Waals surface area (Å²) in [5.74, 6) is -1.52. The van der Waals surface area contributed by atoms with E-state index in [9.17, 15) is 14.7 Å². The first-order valence-electron chi connectivity index (χ1n) is 10.2. The standard InChI is InChI=1S/C21H26FN3O4/c1-3-4-5-23-6-8-24(9-7-23)18-16(22)10-14-17-20(18)29-12-13(2)25(17)11-15(19(14)26)21(27)28/h10-11,13H,3-9,12H2,1-2H3,(H,27,28). The summed E-state index contributed by atoms with van der Waals surface area (Å²) in [4.78, 5) is 28.5. The predicted molar refractivity (Wildman–Crippen MR) is 109 cm³/mol. The van der Waals surface area contributed by atoms with Crippen molar-refractivity contribution < 1.29 is 19.0 Å². The largest absolute Gasteiger partial charge is 0.487 e. The quantitative estimate of drug-likeness (QED) is 0.828. The molecule has 3 heterocycles. The van der Waals surface area contributed by atoms with Crippen molar-refractivity contribution in [3.63, 3.8) is 0 Å². The van der Waals surface area contributed by atoms with E-state index in [0.29, 0.717) is 30.0 Å². The van der Waals surface area contributed by atoms with E-state index in [-0.39, 0.29) is 23.6 Å². The summed E-state index contributed by atoms with van der Waals surface area (Å²) in [6.45, 7) is 8.42. The van der Waals surface area contributed by atoms with Gasteiger partial charge in [-0.25, -0.2) is 9.18 Å². The van der Waals surface area contributed by atoms with Gasteiger partial charge in [-0.05, 0) is 26.0 Å². The Kier molecular flexibility index (Phi) is 5.21. The molecule has 2 aliphatic heterocycles. The highest BCUT2D eigenvalue weighted by Gasteiger charge is 2.31. The number of nitrogens with zero attached hydrogens (tertiary/aromatic N) is 3. The van der Waals surface area contributed by atoms with Gasteiger partial charge in [-0.2, -0.15) is 0 Å². The zero-order valence-corrected chi connectivity index (χ0v) is 16.8. The van der Waals surface area contributed by atoms with Gasteiger partial charge in [0.05, 0.1) is 16.9 Å². The van der Waals surface area contributed by atoms with E-state index in [4.69, 9.17) is 4.74 Å². The SMILES string of the molecule is CCCCN1CCN(c2c(F)cc3c(=O)c(C(=O)O)cn4c3c2OCC4C)CC1. The van der Waals surface area contributed by atoms with Gasteiger partial charge in [0.1, 0.15) is 17.9 Å². The number of piperazine rings is 1. The Balaban J connectivity index is 1.80. The third-order valence-corrected chi connectivity index (χ3v) is 5.89. The summed E-state index contributed by atoms with van der Waals surface area (Å²) >= 11 is 0. The van der Waals surface area contributed by atoms with Gasteiger partial charge in [-0.1, -0.05) is 13.3 Å². The summed E-state index contributed by atoms with van der Waals surface area (Å²) in [5, 5.41) is 9.43. The zero-order chi connectivity index (χ0) is 20.7. The van der Waals surface area contributed by atoms with Crippen LogP contribution >= 0.6 is 0 Å². The fraction of sp³-hybridized carbons (Fsp3) is 0.524. The number of rotatable bonds is 5. The summed E-state index contributed by atoms with van der Waals surface area (Å²) in [6, 6.07) is 1.01. The topological polar surface area (TPSA) is 75.0 Å². The summed E-state index contributed by atoms with van der Waals surface area (Å²) in [5.41, 5.74) is -0.189. The van der Waals surface area contributed by atoms with Crippen LogP contribution in [0.1, 0.15) is 43.1 Å². The first-order valence-corrected chi connectivity index (χ1v) is 10.2. The predicted octanol–water partition coefficient (Wildman–Crippen LogP) is 2.71. The van der Waals surface area contributed by atoms with Crippen LogP contribution in [-0.2, 0) is 0 Å². The molecule has 1 aromatic carbocycles. The van der Waals surface area contributed by atoms with Crippen LogP contribution in [0.2, 0.25) is 0 Å². The molecular formula is C21H26FN3O4. The van der Waals surface area contributed by atoms with Gasteiger partial charge in [0, 0.05) is 32.4 Å². The lowest BCUT2D eigenvalue weighted by molar-refractivity contribution is 0.0694. The lowest BCUT2D eigenvalue weighted by Gasteiger charge is -2.38. The molecule has 7 nitrogen and oxygen atoms in total. The third-order valence-electron chi connectivity index (χ3n) is 5.89. The van der Waals surface area contributed by atoms with E-state index in [0.717, 1.165) is 32.5 Å². The Morgan fingerprint density at radius 3 is 2.69 bits per heavy atom. The minimum absolute atomic E-state index is 0.0503. The molecule has 0 radical (unpaired) electrons. The molecule has 1 atom stereocenters. The Bertz CT molecular complexity index is 1010. The molecule has 1 aromatic heterocycles. The summed E-state index contributed by atoms with van der Waals surface area (Å²) in [6.07, 6.45) is 3.65. The van der Waals surface area contributed by atoms with E-state index in [2.05, 4.69) is 11.8 Å². The number of ether oxygens (including phenoxy) is 1. The Labute approximate surface area is 168 Å². The van der Waals surface area contributed by atoms with Gasteiger partial charge >= 0.3 is 5.97 Å². The number of carbonyl (C=O) groups is 1. The van der Waals surface area contributed by atoms with Crippen LogP contribution < -0.4 is 15.1 Å². The molecule has 0 aliphatic carbocycles. The van der Waals surface area contributed by atoms with E-state index < -0.39 is 17.2 Å². The number of hydrogen-bond donors (Lipinski definition) is 1. The molecule has 1 N–H and O–H groups in total. The second-order valence-corrected chi connectivity index (χ2v) is 7.86. The van der Waals surface area contributed by atoms with E-state index >= 15 is 4.39 Å². The number of carboxylic acids is 1. The molecule has 0 saturated carbocycles. The van der Waals surface area contributed by atoms with Crippen LogP contribution in [0.3, 0.4) is 0 Å². The number of aromatic nitrogens is 1. The van der Waals surface area contributed by atoms with Crippen molar-refractivity contribution in [2.45, 2.75) is 32.7 Å². The summed E-state index contributed by atoms with van der Waals surface area (Å²) < 4.78 is 22.8. The van der Waals surface area contributed by atoms with E-state index in [1.54, 1.807) is 4.57 Å². The second kappa shape index (κ2) is 7.67. The van der Waals surface area contributed by atoms with Gasteiger partial charge in [0.2, 0.25) is 5.43 Å². The second-order valence-electron chi connectivity index (χ2n) is 7.86. The number of pyridine rings is 1.